The summed E-state index contributed by atoms with van der Waals surface area (Å²) >= 11 is 0. The predicted octanol–water partition coefficient (Wildman–Crippen LogP) is 3.80. The van der Waals surface area contributed by atoms with Crippen LogP contribution >= 0.6 is 0 Å². The van der Waals surface area contributed by atoms with Crippen molar-refractivity contribution in [1.29, 1.82) is 0 Å². The first-order valence-electron chi connectivity index (χ1n) is 8.37. The zero-order valence-electron chi connectivity index (χ0n) is 13.5. The van der Waals surface area contributed by atoms with Gasteiger partial charge in [-0.15, -0.1) is 0 Å². The second-order valence-electron chi connectivity index (χ2n) is 6.66. The van der Waals surface area contributed by atoms with Crippen molar-refractivity contribution in [3.05, 3.63) is 42.0 Å². The van der Waals surface area contributed by atoms with Crippen LogP contribution in [0.4, 0.5) is 0 Å². The summed E-state index contributed by atoms with van der Waals surface area (Å²) in [7, 11) is 0. The van der Waals surface area contributed by atoms with E-state index in [0.29, 0.717) is 30.2 Å². The average Bonchev–Trinajstić information content (AvgIpc) is 3.08. The summed E-state index contributed by atoms with van der Waals surface area (Å²) in [5.74, 6) is 1.13. The van der Waals surface area contributed by atoms with Crippen LogP contribution in [0, 0.1) is 5.92 Å². The van der Waals surface area contributed by atoms with Crippen molar-refractivity contribution < 1.29 is 9.53 Å². The third kappa shape index (κ3) is 3.25. The summed E-state index contributed by atoms with van der Waals surface area (Å²) in [4.78, 5) is 14.6. The Kier molecular flexibility index (Phi) is 4.63. The molecule has 0 saturated carbocycles. The van der Waals surface area contributed by atoms with Gasteiger partial charge in [0.1, 0.15) is 5.75 Å². The number of rotatable bonds is 5. The van der Waals surface area contributed by atoms with Gasteiger partial charge in [-0.1, -0.05) is 43.7 Å². The highest BCUT2D eigenvalue weighted by atomic mass is 16.5. The van der Waals surface area contributed by atoms with Crippen molar-refractivity contribution in [1.82, 2.24) is 4.90 Å². The first kappa shape index (κ1) is 15.3. The predicted molar refractivity (Wildman–Crippen MR) is 87.7 cm³/mol. The lowest BCUT2D eigenvalue weighted by molar-refractivity contribution is -0.134. The van der Waals surface area contributed by atoms with E-state index < -0.39 is 0 Å². The topological polar surface area (TPSA) is 29.5 Å². The Morgan fingerprint density at radius 2 is 2.09 bits per heavy atom. The zero-order chi connectivity index (χ0) is 15.5. The molecule has 2 aliphatic rings. The second kappa shape index (κ2) is 6.66. The molecular weight excluding hydrogens is 274 g/mol. The van der Waals surface area contributed by atoms with E-state index in [2.05, 4.69) is 24.8 Å². The largest absolute Gasteiger partial charge is 0.427 e. The fraction of sp³-hybridized carbons (Fsp3) is 0.526. The Labute approximate surface area is 133 Å². The van der Waals surface area contributed by atoms with Gasteiger partial charge in [-0.3, -0.25) is 9.69 Å². The molecule has 22 heavy (non-hydrogen) atoms. The van der Waals surface area contributed by atoms with E-state index in [1.807, 2.05) is 30.3 Å². The smallest absolute Gasteiger partial charge is 0.311 e. The van der Waals surface area contributed by atoms with Gasteiger partial charge in [0.2, 0.25) is 0 Å². The summed E-state index contributed by atoms with van der Waals surface area (Å²) in [6, 6.07) is 10.4. The Morgan fingerprint density at radius 3 is 2.82 bits per heavy atom. The van der Waals surface area contributed by atoms with Crippen molar-refractivity contribution in [3.63, 3.8) is 0 Å². The van der Waals surface area contributed by atoms with E-state index in [-0.39, 0.29) is 5.97 Å². The van der Waals surface area contributed by atoms with Crippen LogP contribution in [-0.4, -0.2) is 29.5 Å². The minimum atomic E-state index is -0.135. The third-order valence-corrected chi connectivity index (χ3v) is 4.77. The number of hydrogen-bond acceptors (Lipinski definition) is 3. The van der Waals surface area contributed by atoms with E-state index in [0.717, 1.165) is 6.42 Å². The standard InChI is InChI=1S/C19H25NO2/c1-14(2)18-13-15(17-9-6-12-20(17)18)10-11-19(21)22-16-7-4-3-5-8-16/h3-5,7-8,13-14,17-18H,6,9-12H2,1-2H3. The van der Waals surface area contributed by atoms with Crippen molar-refractivity contribution in [2.45, 2.75) is 51.6 Å². The molecule has 1 saturated heterocycles. The lowest BCUT2D eigenvalue weighted by atomic mass is 10.00. The minimum absolute atomic E-state index is 0.135. The molecule has 0 bridgehead atoms. The SMILES string of the molecule is CC(C)C1C=C(CCC(=O)Oc2ccccc2)C2CCCN21. The van der Waals surface area contributed by atoms with Gasteiger partial charge in [0.05, 0.1) is 0 Å². The molecule has 0 aliphatic carbocycles. The van der Waals surface area contributed by atoms with Crippen LogP contribution in [-0.2, 0) is 4.79 Å². The van der Waals surface area contributed by atoms with Crippen LogP contribution in [0.1, 0.15) is 39.5 Å². The monoisotopic (exact) mass is 299 g/mol. The zero-order valence-corrected chi connectivity index (χ0v) is 13.5. The molecule has 1 aromatic rings. The highest BCUT2D eigenvalue weighted by molar-refractivity contribution is 5.72. The Bertz CT molecular complexity index is 550. The van der Waals surface area contributed by atoms with Crippen molar-refractivity contribution >= 4 is 5.97 Å². The maximum atomic E-state index is 12.0. The number of carbonyl (C=O) groups excluding carboxylic acids is 1. The van der Waals surface area contributed by atoms with Gasteiger partial charge < -0.3 is 4.74 Å². The molecule has 3 rings (SSSR count). The van der Waals surface area contributed by atoms with E-state index in [1.165, 1.54) is 25.0 Å². The Morgan fingerprint density at radius 1 is 1.32 bits per heavy atom. The molecule has 118 valence electrons. The van der Waals surface area contributed by atoms with Crippen LogP contribution in [0.3, 0.4) is 0 Å². The Hall–Kier alpha value is -1.61. The molecule has 0 radical (unpaired) electrons. The number of nitrogens with zero attached hydrogens (tertiary/aromatic N) is 1. The Balaban J connectivity index is 1.56. The first-order valence-corrected chi connectivity index (χ1v) is 8.37. The van der Waals surface area contributed by atoms with Crippen LogP contribution in [0.15, 0.2) is 42.0 Å². The molecule has 0 spiro atoms. The van der Waals surface area contributed by atoms with Gasteiger partial charge in [-0.05, 0) is 43.9 Å². The van der Waals surface area contributed by atoms with Gasteiger partial charge in [0, 0.05) is 18.5 Å². The van der Waals surface area contributed by atoms with Crippen LogP contribution in [0.25, 0.3) is 0 Å². The summed E-state index contributed by atoms with van der Waals surface area (Å²) in [6.45, 7) is 5.76. The maximum Gasteiger partial charge on any atom is 0.311 e. The van der Waals surface area contributed by atoms with Crippen LogP contribution < -0.4 is 4.74 Å². The van der Waals surface area contributed by atoms with Gasteiger partial charge in [0.15, 0.2) is 0 Å². The number of hydrogen-bond donors (Lipinski definition) is 0. The fourth-order valence-electron chi connectivity index (χ4n) is 3.71. The van der Waals surface area contributed by atoms with Gasteiger partial charge >= 0.3 is 5.97 Å². The lowest BCUT2D eigenvalue weighted by Gasteiger charge is -2.27. The van der Waals surface area contributed by atoms with Gasteiger partial charge in [0.25, 0.3) is 0 Å². The number of ether oxygens (including phenoxy) is 1. The molecule has 1 aromatic carbocycles. The molecule has 0 amide bonds. The first-order chi connectivity index (χ1) is 10.6. The lowest BCUT2D eigenvalue weighted by Crippen LogP contribution is -2.36. The van der Waals surface area contributed by atoms with E-state index in [9.17, 15) is 4.79 Å². The van der Waals surface area contributed by atoms with Crippen molar-refractivity contribution in [2.75, 3.05) is 6.54 Å². The van der Waals surface area contributed by atoms with E-state index in [1.54, 1.807) is 0 Å². The number of para-hydroxylation sites is 1. The molecule has 3 heteroatoms. The molecule has 0 N–H and O–H groups in total. The summed E-state index contributed by atoms with van der Waals surface area (Å²) < 4.78 is 5.38. The van der Waals surface area contributed by atoms with Gasteiger partial charge in [-0.25, -0.2) is 0 Å². The van der Waals surface area contributed by atoms with Gasteiger partial charge in [-0.2, -0.15) is 0 Å². The fourth-order valence-corrected chi connectivity index (χ4v) is 3.71. The molecule has 2 unspecified atom stereocenters. The number of carbonyl (C=O) groups is 1. The third-order valence-electron chi connectivity index (χ3n) is 4.77. The molecule has 2 heterocycles. The number of fused-ring (bicyclic) bond motifs is 1. The summed E-state index contributed by atoms with van der Waals surface area (Å²) in [6.07, 6.45) is 6.22. The molecular formula is C19H25NO2. The molecule has 2 aliphatic heterocycles. The average molecular weight is 299 g/mol. The molecule has 1 fully saturated rings. The minimum Gasteiger partial charge on any atom is -0.427 e. The van der Waals surface area contributed by atoms with E-state index >= 15 is 0 Å². The molecule has 2 atom stereocenters. The summed E-state index contributed by atoms with van der Waals surface area (Å²) in [5, 5.41) is 0. The highest BCUT2D eigenvalue weighted by Gasteiger charge is 2.38. The number of benzene rings is 1. The second-order valence-corrected chi connectivity index (χ2v) is 6.66. The maximum absolute atomic E-state index is 12.0. The van der Waals surface area contributed by atoms with Crippen molar-refractivity contribution in [2.24, 2.45) is 5.92 Å². The molecule has 3 nitrogen and oxygen atoms in total. The van der Waals surface area contributed by atoms with E-state index in [4.69, 9.17) is 4.74 Å². The quantitative estimate of drug-likeness (QED) is 0.470. The molecule has 0 aromatic heterocycles. The summed E-state index contributed by atoms with van der Waals surface area (Å²) in [5.41, 5.74) is 1.45. The van der Waals surface area contributed by atoms with Crippen LogP contribution in [0.2, 0.25) is 0 Å². The van der Waals surface area contributed by atoms with Crippen molar-refractivity contribution in [3.8, 4) is 5.75 Å². The number of esters is 1. The van der Waals surface area contributed by atoms with Crippen LogP contribution in [0.5, 0.6) is 5.75 Å². The normalized spacial score (nSPS) is 24.4. The highest BCUT2D eigenvalue weighted by Crippen LogP contribution is 2.37.